The molecule has 2 heterocycles. The number of hydrogen-bond acceptors (Lipinski definition) is 3. The van der Waals surface area contributed by atoms with E-state index >= 15 is 0 Å². The summed E-state index contributed by atoms with van der Waals surface area (Å²) in [6.07, 6.45) is -6.63. The van der Waals surface area contributed by atoms with Crippen molar-refractivity contribution in [1.29, 1.82) is 0 Å². The van der Waals surface area contributed by atoms with Gasteiger partial charge in [-0.15, -0.1) is 0 Å². The minimum absolute atomic E-state index is 0.303. The summed E-state index contributed by atoms with van der Waals surface area (Å²) in [4.78, 5) is 3.21. The maximum atomic E-state index is 13.4. The first-order chi connectivity index (χ1) is 13.0. The normalized spacial score (nSPS) is 21.5. The zero-order valence-electron chi connectivity index (χ0n) is 15.3. The Bertz CT molecular complexity index is 821. The monoisotopic (exact) mass is 408 g/mol. The van der Waals surface area contributed by atoms with E-state index in [0.29, 0.717) is 25.1 Å². The molecule has 28 heavy (non-hydrogen) atoms. The Hall–Kier alpha value is -1.87. The molecule has 1 aliphatic rings. The summed E-state index contributed by atoms with van der Waals surface area (Å²) in [5, 5.41) is 12.4. The third-order valence-electron chi connectivity index (χ3n) is 4.64. The van der Waals surface area contributed by atoms with Crippen LogP contribution < -0.4 is 15.9 Å². The van der Waals surface area contributed by atoms with Gasteiger partial charge in [0.1, 0.15) is 5.69 Å². The fraction of sp³-hybridized carbons (Fsp3) is 0.526. The van der Waals surface area contributed by atoms with Gasteiger partial charge in [-0.2, -0.15) is 26.3 Å². The predicted molar refractivity (Wildman–Crippen MR) is 93.5 cm³/mol. The number of nitrogens with one attached hydrogen (secondary N) is 1. The average molecular weight is 408 g/mol. The van der Waals surface area contributed by atoms with Gasteiger partial charge in [0.2, 0.25) is 0 Å². The minimum atomic E-state index is -4.97. The number of hydrogen-bond donors (Lipinski definition) is 2. The van der Waals surface area contributed by atoms with Crippen LogP contribution in [0.4, 0.5) is 26.3 Å². The summed E-state index contributed by atoms with van der Waals surface area (Å²) >= 11 is 0. The molecule has 0 aliphatic carbocycles. The number of aromatic nitrogens is 1. The smallest absolute Gasteiger partial charge is 0.387 e. The topological polar surface area (TPSA) is 45.1 Å². The molecule has 1 saturated heterocycles. The van der Waals surface area contributed by atoms with Crippen molar-refractivity contribution < 1.29 is 31.4 Å². The fourth-order valence-electron chi connectivity index (χ4n) is 3.24. The van der Waals surface area contributed by atoms with Gasteiger partial charge in [-0.05, 0) is 43.2 Å². The van der Waals surface area contributed by atoms with Gasteiger partial charge in [0.25, 0.3) is 0 Å². The van der Waals surface area contributed by atoms with Crippen molar-refractivity contribution in [2.24, 2.45) is 0 Å². The van der Waals surface area contributed by atoms with Gasteiger partial charge in [-0.1, -0.05) is 31.6 Å². The van der Waals surface area contributed by atoms with Crippen molar-refractivity contribution >= 4 is 12.2 Å². The van der Waals surface area contributed by atoms with Crippen LogP contribution in [0.25, 0.3) is 12.2 Å². The molecule has 2 rings (SSSR count). The molecule has 2 unspecified atom stereocenters. The maximum Gasteiger partial charge on any atom is 0.433 e. The number of rotatable bonds is 3. The van der Waals surface area contributed by atoms with Crippen LogP contribution in [0.15, 0.2) is 18.2 Å². The number of halogens is 6. The molecule has 0 saturated carbocycles. The number of pyridine rings is 1. The lowest BCUT2D eigenvalue weighted by atomic mass is 9.96. The minimum Gasteiger partial charge on any atom is -0.387 e. The molecule has 2 N–H and O–H groups in total. The Morgan fingerprint density at radius 2 is 1.93 bits per heavy atom. The largest absolute Gasteiger partial charge is 0.433 e. The first-order valence-corrected chi connectivity index (χ1v) is 8.89. The highest BCUT2D eigenvalue weighted by Gasteiger charge is 2.37. The van der Waals surface area contributed by atoms with Crippen LogP contribution in [-0.4, -0.2) is 28.9 Å². The standard InChI is InChI=1S/C19H22F6N2O/c1-3-7-13(18(20,21)22)16-11(2)12(10-15(27-16)19(23,24)25)17(28)14-8-5-4-6-9-26-14/h3,7,10,14,17,26,28H,2,4-6,8-9H2,1H3/b7-3-,16-13-. The third kappa shape index (κ3) is 5.14. The number of aliphatic hydroxyl groups is 1. The summed E-state index contributed by atoms with van der Waals surface area (Å²) in [6.45, 7) is 5.41. The second kappa shape index (κ2) is 8.65. The van der Waals surface area contributed by atoms with Gasteiger partial charge in [0.05, 0.1) is 17.0 Å². The zero-order valence-corrected chi connectivity index (χ0v) is 15.3. The van der Waals surface area contributed by atoms with Crippen LogP contribution in [-0.2, 0) is 6.18 Å². The molecule has 9 heteroatoms. The van der Waals surface area contributed by atoms with Crippen LogP contribution >= 0.6 is 0 Å². The average Bonchev–Trinajstić information content (AvgIpc) is 2.87. The lowest BCUT2D eigenvalue weighted by Crippen LogP contribution is -2.42. The van der Waals surface area contributed by atoms with E-state index in [9.17, 15) is 31.4 Å². The van der Waals surface area contributed by atoms with Crippen LogP contribution in [0.1, 0.15) is 50.0 Å². The van der Waals surface area contributed by atoms with E-state index < -0.39 is 41.1 Å². The van der Waals surface area contributed by atoms with E-state index in [4.69, 9.17) is 0 Å². The highest BCUT2D eigenvalue weighted by molar-refractivity contribution is 5.60. The molecule has 0 radical (unpaired) electrons. The van der Waals surface area contributed by atoms with Crippen molar-refractivity contribution in [2.45, 2.75) is 57.1 Å². The molecular formula is C19H22F6N2O. The molecule has 1 aliphatic heterocycles. The van der Waals surface area contributed by atoms with Crippen molar-refractivity contribution in [2.75, 3.05) is 6.54 Å². The molecule has 0 amide bonds. The Labute approximate surface area is 158 Å². The summed E-state index contributed by atoms with van der Waals surface area (Å²) in [5.74, 6) is 0. The summed E-state index contributed by atoms with van der Waals surface area (Å²) in [7, 11) is 0. The number of nitrogens with zero attached hydrogens (tertiary/aromatic N) is 1. The SMILES string of the molecule is C=c1c(C(O)C2CCCCCN2)cc(C(F)(F)F)n/c1=C(/C=C\C)C(F)(F)F. The van der Waals surface area contributed by atoms with Gasteiger partial charge in [0, 0.05) is 6.04 Å². The second-order valence-electron chi connectivity index (χ2n) is 6.69. The van der Waals surface area contributed by atoms with Crippen molar-refractivity contribution in [3.63, 3.8) is 0 Å². The Balaban J connectivity index is 2.78. The van der Waals surface area contributed by atoms with Crippen molar-refractivity contribution in [3.8, 4) is 0 Å². The fourth-order valence-corrected chi connectivity index (χ4v) is 3.24. The quantitative estimate of drug-likeness (QED) is 0.754. The van der Waals surface area contributed by atoms with E-state index in [1.165, 1.54) is 6.92 Å². The van der Waals surface area contributed by atoms with Gasteiger partial charge >= 0.3 is 12.4 Å². The molecular weight excluding hydrogens is 386 g/mol. The Morgan fingerprint density at radius 1 is 1.25 bits per heavy atom. The zero-order chi connectivity index (χ0) is 21.1. The van der Waals surface area contributed by atoms with Gasteiger partial charge in [-0.25, -0.2) is 4.98 Å². The van der Waals surface area contributed by atoms with E-state index in [-0.39, 0.29) is 10.8 Å². The van der Waals surface area contributed by atoms with Crippen LogP contribution in [0.3, 0.4) is 0 Å². The van der Waals surface area contributed by atoms with Gasteiger partial charge in [-0.3, -0.25) is 0 Å². The summed E-state index contributed by atoms with van der Waals surface area (Å²) in [6, 6.07) is 0.0163. The lowest BCUT2D eigenvalue weighted by Gasteiger charge is -2.24. The summed E-state index contributed by atoms with van der Waals surface area (Å²) < 4.78 is 80.2. The van der Waals surface area contributed by atoms with Crippen LogP contribution in [0.5, 0.6) is 0 Å². The molecule has 3 nitrogen and oxygen atoms in total. The number of allylic oxidation sites excluding steroid dienone is 2. The van der Waals surface area contributed by atoms with Gasteiger partial charge < -0.3 is 10.4 Å². The Kier molecular flexibility index (Phi) is 6.93. The second-order valence-corrected chi connectivity index (χ2v) is 6.69. The van der Waals surface area contributed by atoms with Crippen LogP contribution in [0, 0.1) is 0 Å². The molecule has 156 valence electrons. The van der Waals surface area contributed by atoms with Crippen molar-refractivity contribution in [1.82, 2.24) is 10.3 Å². The highest BCUT2D eigenvalue weighted by atomic mass is 19.4. The highest BCUT2D eigenvalue weighted by Crippen LogP contribution is 2.30. The number of alkyl halides is 6. The van der Waals surface area contributed by atoms with E-state index in [1.54, 1.807) is 0 Å². The lowest BCUT2D eigenvalue weighted by molar-refractivity contribution is -0.141. The molecule has 0 bridgehead atoms. The van der Waals surface area contributed by atoms with Gasteiger partial charge in [0.15, 0.2) is 0 Å². The third-order valence-corrected chi connectivity index (χ3v) is 4.64. The molecule has 0 spiro atoms. The first-order valence-electron chi connectivity index (χ1n) is 8.89. The maximum absolute atomic E-state index is 13.4. The van der Waals surface area contributed by atoms with Crippen molar-refractivity contribution in [3.05, 3.63) is 40.0 Å². The van der Waals surface area contributed by atoms with Crippen LogP contribution in [0.2, 0.25) is 0 Å². The molecule has 1 aromatic rings. The Morgan fingerprint density at radius 3 is 2.50 bits per heavy atom. The molecule has 1 aromatic heterocycles. The summed E-state index contributed by atoms with van der Waals surface area (Å²) in [5.41, 5.74) is -3.14. The van der Waals surface area contributed by atoms with E-state index in [1.807, 2.05) is 0 Å². The molecule has 1 fully saturated rings. The predicted octanol–water partition coefficient (Wildman–Crippen LogP) is 3.37. The molecule has 2 atom stereocenters. The number of aliphatic hydroxyl groups excluding tert-OH is 1. The molecule has 0 aromatic carbocycles. The van der Waals surface area contributed by atoms with E-state index in [2.05, 4.69) is 16.9 Å². The first kappa shape index (κ1) is 22.4. The van der Waals surface area contributed by atoms with E-state index in [0.717, 1.165) is 25.3 Å².